The van der Waals surface area contributed by atoms with E-state index in [4.69, 9.17) is 0 Å². The first-order chi connectivity index (χ1) is 12.4. The molecule has 0 fully saturated rings. The highest BCUT2D eigenvalue weighted by Crippen LogP contribution is 2.31. The summed E-state index contributed by atoms with van der Waals surface area (Å²) in [6.45, 7) is 1.73. The molecular formula is C16H17F3N2O4S2. The Labute approximate surface area is 155 Å². The zero-order chi connectivity index (χ0) is 20.5. The van der Waals surface area contributed by atoms with Gasteiger partial charge in [0.25, 0.3) is 9.84 Å². The van der Waals surface area contributed by atoms with Gasteiger partial charge in [-0.05, 0) is 55.9 Å². The molecule has 1 atom stereocenters. The molecule has 0 aliphatic carbocycles. The third kappa shape index (κ3) is 4.60. The van der Waals surface area contributed by atoms with Crippen LogP contribution in [0.3, 0.4) is 0 Å². The molecule has 0 amide bonds. The summed E-state index contributed by atoms with van der Waals surface area (Å²) in [6.07, 6.45) is 0. The number of sulfonamides is 1. The predicted octanol–water partition coefficient (Wildman–Crippen LogP) is 3.06. The SMILES string of the molecule is CNS(=O)(=O)c1cccc(C(C)Nc2ccc(S(=O)(=O)C(F)(F)F)cc2)c1. The number of sulfone groups is 1. The molecule has 0 bridgehead atoms. The Morgan fingerprint density at radius 1 is 0.926 bits per heavy atom. The van der Waals surface area contributed by atoms with Crippen LogP contribution in [0.15, 0.2) is 58.3 Å². The number of anilines is 1. The lowest BCUT2D eigenvalue weighted by atomic mass is 10.1. The molecule has 148 valence electrons. The van der Waals surface area contributed by atoms with Crippen molar-refractivity contribution in [3.63, 3.8) is 0 Å². The quantitative estimate of drug-likeness (QED) is 0.747. The molecule has 0 saturated carbocycles. The summed E-state index contributed by atoms with van der Waals surface area (Å²) < 4.78 is 86.3. The van der Waals surface area contributed by atoms with Crippen molar-refractivity contribution in [1.82, 2.24) is 4.72 Å². The van der Waals surface area contributed by atoms with Gasteiger partial charge in [-0.15, -0.1) is 0 Å². The number of nitrogens with one attached hydrogen (secondary N) is 2. The summed E-state index contributed by atoms with van der Waals surface area (Å²) in [5, 5.41) is 2.98. The molecular weight excluding hydrogens is 405 g/mol. The molecule has 11 heteroatoms. The second kappa shape index (κ2) is 7.49. The molecule has 0 heterocycles. The molecule has 2 N–H and O–H groups in total. The Morgan fingerprint density at radius 3 is 2.04 bits per heavy atom. The van der Waals surface area contributed by atoms with Crippen LogP contribution in [0.4, 0.5) is 18.9 Å². The van der Waals surface area contributed by atoms with Crippen LogP contribution < -0.4 is 10.0 Å². The summed E-state index contributed by atoms with van der Waals surface area (Å²) in [7, 11) is -7.72. The minimum atomic E-state index is -5.40. The number of rotatable bonds is 6. The van der Waals surface area contributed by atoms with Crippen molar-refractivity contribution < 1.29 is 30.0 Å². The molecule has 6 nitrogen and oxygen atoms in total. The van der Waals surface area contributed by atoms with E-state index in [-0.39, 0.29) is 10.9 Å². The van der Waals surface area contributed by atoms with Gasteiger partial charge in [0.05, 0.1) is 9.79 Å². The number of hydrogen-bond acceptors (Lipinski definition) is 5. The summed E-state index contributed by atoms with van der Waals surface area (Å²) in [4.78, 5) is -0.780. The summed E-state index contributed by atoms with van der Waals surface area (Å²) >= 11 is 0. The van der Waals surface area contributed by atoms with Crippen LogP contribution in [0.1, 0.15) is 18.5 Å². The van der Waals surface area contributed by atoms with Crippen LogP contribution in [0.2, 0.25) is 0 Å². The maximum absolute atomic E-state index is 12.6. The molecule has 0 radical (unpaired) electrons. The molecule has 0 aliphatic rings. The molecule has 2 rings (SSSR count). The van der Waals surface area contributed by atoms with Crippen LogP contribution in [0.5, 0.6) is 0 Å². The topological polar surface area (TPSA) is 92.3 Å². The second-order valence-corrected chi connectivity index (χ2v) is 9.45. The molecule has 0 aromatic heterocycles. The number of hydrogen-bond donors (Lipinski definition) is 2. The lowest BCUT2D eigenvalue weighted by Crippen LogP contribution is -2.23. The fraction of sp³-hybridized carbons (Fsp3) is 0.250. The van der Waals surface area contributed by atoms with Crippen molar-refractivity contribution in [2.45, 2.75) is 28.3 Å². The summed E-state index contributed by atoms with van der Waals surface area (Å²) in [5.41, 5.74) is -4.36. The van der Waals surface area contributed by atoms with Gasteiger partial charge in [-0.3, -0.25) is 0 Å². The van der Waals surface area contributed by atoms with Gasteiger partial charge in [-0.25, -0.2) is 21.6 Å². The van der Waals surface area contributed by atoms with Crippen molar-refractivity contribution in [2.24, 2.45) is 0 Å². The van der Waals surface area contributed by atoms with E-state index in [9.17, 15) is 30.0 Å². The maximum Gasteiger partial charge on any atom is 0.501 e. The molecule has 0 spiro atoms. The van der Waals surface area contributed by atoms with Crippen molar-refractivity contribution in [3.8, 4) is 0 Å². The minimum Gasteiger partial charge on any atom is -0.379 e. The van der Waals surface area contributed by atoms with Crippen molar-refractivity contribution in [2.75, 3.05) is 12.4 Å². The highest BCUT2D eigenvalue weighted by Gasteiger charge is 2.46. The smallest absolute Gasteiger partial charge is 0.379 e. The van der Waals surface area contributed by atoms with E-state index in [2.05, 4.69) is 10.0 Å². The van der Waals surface area contributed by atoms with E-state index in [1.54, 1.807) is 19.1 Å². The fourth-order valence-electron chi connectivity index (χ4n) is 2.27. The predicted molar refractivity (Wildman–Crippen MR) is 94.4 cm³/mol. The average Bonchev–Trinajstić information content (AvgIpc) is 2.61. The Hall–Kier alpha value is -2.11. The van der Waals surface area contributed by atoms with Gasteiger partial charge in [0.2, 0.25) is 10.0 Å². The normalized spacial score (nSPS) is 14.0. The van der Waals surface area contributed by atoms with Gasteiger partial charge in [0.1, 0.15) is 0 Å². The third-order valence-electron chi connectivity index (χ3n) is 3.79. The van der Waals surface area contributed by atoms with Crippen molar-refractivity contribution >= 4 is 25.5 Å². The Morgan fingerprint density at radius 2 is 1.52 bits per heavy atom. The highest BCUT2D eigenvalue weighted by molar-refractivity contribution is 7.92. The number of alkyl halides is 3. The summed E-state index contributed by atoms with van der Waals surface area (Å²) in [5.74, 6) is 0. The second-order valence-electron chi connectivity index (χ2n) is 5.62. The monoisotopic (exact) mass is 422 g/mol. The van der Waals surface area contributed by atoms with Crippen molar-refractivity contribution in [3.05, 3.63) is 54.1 Å². The molecule has 1 unspecified atom stereocenters. The largest absolute Gasteiger partial charge is 0.501 e. The molecule has 0 saturated heterocycles. The van der Waals surface area contributed by atoms with Crippen LogP contribution >= 0.6 is 0 Å². The standard InChI is InChI=1S/C16H17F3N2O4S2/c1-11(12-4-3-5-15(10-12)27(24,25)20-2)21-13-6-8-14(9-7-13)26(22,23)16(17,18)19/h3-11,20-21H,1-2H3. The lowest BCUT2D eigenvalue weighted by molar-refractivity contribution is -0.0436. The van der Waals surface area contributed by atoms with Gasteiger partial charge in [-0.1, -0.05) is 12.1 Å². The first-order valence-electron chi connectivity index (χ1n) is 7.60. The molecule has 2 aromatic carbocycles. The van der Waals surface area contributed by atoms with Gasteiger partial charge in [0.15, 0.2) is 0 Å². The zero-order valence-electron chi connectivity index (χ0n) is 14.3. The van der Waals surface area contributed by atoms with E-state index in [1.165, 1.54) is 31.3 Å². The van der Waals surface area contributed by atoms with E-state index >= 15 is 0 Å². The molecule has 27 heavy (non-hydrogen) atoms. The lowest BCUT2D eigenvalue weighted by Gasteiger charge is -2.17. The first-order valence-corrected chi connectivity index (χ1v) is 10.6. The zero-order valence-corrected chi connectivity index (χ0v) is 15.9. The van der Waals surface area contributed by atoms with Gasteiger partial charge in [-0.2, -0.15) is 13.2 Å². The number of halogens is 3. The van der Waals surface area contributed by atoms with Crippen LogP contribution in [-0.4, -0.2) is 29.4 Å². The van der Waals surface area contributed by atoms with E-state index in [1.807, 2.05) is 0 Å². The Balaban J connectivity index is 2.22. The summed E-state index contributed by atoms with van der Waals surface area (Å²) in [6, 6.07) is 9.91. The first kappa shape index (κ1) is 21.2. The van der Waals surface area contributed by atoms with E-state index < -0.39 is 30.3 Å². The fourth-order valence-corrected chi connectivity index (χ4v) is 3.81. The maximum atomic E-state index is 12.6. The van der Waals surface area contributed by atoms with Crippen molar-refractivity contribution in [1.29, 1.82) is 0 Å². The van der Waals surface area contributed by atoms with E-state index in [0.717, 1.165) is 12.1 Å². The minimum absolute atomic E-state index is 0.0720. The Bertz CT molecular complexity index is 1020. The van der Waals surface area contributed by atoms with Gasteiger partial charge in [0, 0.05) is 11.7 Å². The van der Waals surface area contributed by atoms with Crippen LogP contribution in [0.25, 0.3) is 0 Å². The third-order valence-corrected chi connectivity index (χ3v) is 6.70. The number of benzene rings is 2. The van der Waals surface area contributed by atoms with Crippen LogP contribution in [-0.2, 0) is 19.9 Å². The Kier molecular flexibility index (Phi) is 5.88. The average molecular weight is 422 g/mol. The van der Waals surface area contributed by atoms with E-state index in [0.29, 0.717) is 11.3 Å². The van der Waals surface area contributed by atoms with Gasteiger partial charge < -0.3 is 5.32 Å². The highest BCUT2D eigenvalue weighted by atomic mass is 32.2. The van der Waals surface area contributed by atoms with Gasteiger partial charge >= 0.3 is 5.51 Å². The molecule has 0 aliphatic heterocycles. The molecule has 2 aromatic rings. The van der Waals surface area contributed by atoms with Crippen LogP contribution in [0, 0.1) is 0 Å².